The molecule has 4 nitrogen and oxygen atoms in total. The lowest BCUT2D eigenvalue weighted by Crippen LogP contribution is -2.00. The Morgan fingerprint density at radius 1 is 1.40 bits per heavy atom. The van der Waals surface area contributed by atoms with E-state index in [0.717, 1.165) is 12.8 Å². The van der Waals surface area contributed by atoms with Gasteiger partial charge in [0.05, 0.1) is 6.20 Å². The Kier molecular flexibility index (Phi) is 2.94. The number of hydrogen-bond acceptors (Lipinski definition) is 3. The van der Waals surface area contributed by atoms with Crippen molar-refractivity contribution in [1.29, 1.82) is 0 Å². The predicted molar refractivity (Wildman–Crippen MR) is 56.5 cm³/mol. The molecule has 0 saturated heterocycles. The first-order chi connectivity index (χ1) is 7.25. The van der Waals surface area contributed by atoms with Crippen LogP contribution in [0, 0.1) is 0 Å². The van der Waals surface area contributed by atoms with Crippen LogP contribution in [0.15, 0.2) is 17.8 Å². The van der Waals surface area contributed by atoms with Crippen molar-refractivity contribution in [1.82, 2.24) is 15.0 Å². The third kappa shape index (κ3) is 2.52. The Bertz CT molecular complexity index is 384. The maximum atomic E-state index is 11.7. The van der Waals surface area contributed by atoms with Crippen molar-refractivity contribution in [3.8, 4) is 0 Å². The van der Waals surface area contributed by atoms with Crippen LogP contribution in [0.25, 0.3) is 0 Å². The molecule has 0 aromatic carbocycles. The summed E-state index contributed by atoms with van der Waals surface area (Å²) in [5.74, 6) is -0.0139. The van der Waals surface area contributed by atoms with Gasteiger partial charge in [-0.3, -0.25) is 9.48 Å². The SMILES string of the molecule is Cn1cc(C(=O)C=C2CCCCC2)nn1. The van der Waals surface area contributed by atoms with E-state index in [1.807, 2.05) is 0 Å². The highest BCUT2D eigenvalue weighted by atomic mass is 16.1. The monoisotopic (exact) mass is 205 g/mol. The number of aromatic nitrogens is 3. The normalized spacial score (nSPS) is 16.5. The van der Waals surface area contributed by atoms with Gasteiger partial charge in [0.15, 0.2) is 5.69 Å². The zero-order valence-corrected chi connectivity index (χ0v) is 8.94. The molecule has 1 fully saturated rings. The topological polar surface area (TPSA) is 47.8 Å². The van der Waals surface area contributed by atoms with Crippen LogP contribution in [0.1, 0.15) is 42.6 Å². The summed E-state index contributed by atoms with van der Waals surface area (Å²) >= 11 is 0. The lowest BCUT2D eigenvalue weighted by atomic mass is 9.94. The van der Waals surface area contributed by atoms with Gasteiger partial charge < -0.3 is 0 Å². The van der Waals surface area contributed by atoms with Crippen molar-refractivity contribution in [3.05, 3.63) is 23.5 Å². The van der Waals surface area contributed by atoms with E-state index in [0.29, 0.717) is 5.69 Å². The van der Waals surface area contributed by atoms with E-state index in [-0.39, 0.29) is 5.78 Å². The Morgan fingerprint density at radius 3 is 2.73 bits per heavy atom. The second-order valence-corrected chi connectivity index (χ2v) is 4.00. The average Bonchev–Trinajstić information content (AvgIpc) is 2.66. The number of aryl methyl sites for hydroxylation is 1. The van der Waals surface area contributed by atoms with E-state index in [1.54, 1.807) is 24.0 Å². The molecule has 2 rings (SSSR count). The minimum Gasteiger partial charge on any atom is -0.287 e. The minimum absolute atomic E-state index is 0.0139. The fourth-order valence-corrected chi connectivity index (χ4v) is 1.87. The number of nitrogens with zero attached hydrogens (tertiary/aromatic N) is 3. The molecule has 1 aliphatic rings. The van der Waals surface area contributed by atoms with E-state index in [9.17, 15) is 4.79 Å². The first-order valence-electron chi connectivity index (χ1n) is 5.36. The van der Waals surface area contributed by atoms with Crippen LogP contribution >= 0.6 is 0 Å². The molecule has 0 bridgehead atoms. The fourth-order valence-electron chi connectivity index (χ4n) is 1.87. The summed E-state index contributed by atoms with van der Waals surface area (Å²) < 4.78 is 1.55. The van der Waals surface area contributed by atoms with Crippen LogP contribution in [0.3, 0.4) is 0 Å². The molecular weight excluding hydrogens is 190 g/mol. The van der Waals surface area contributed by atoms with E-state index < -0.39 is 0 Å². The van der Waals surface area contributed by atoms with Gasteiger partial charge in [-0.15, -0.1) is 5.10 Å². The van der Waals surface area contributed by atoms with Gasteiger partial charge in [0, 0.05) is 7.05 Å². The smallest absolute Gasteiger partial charge is 0.207 e. The maximum absolute atomic E-state index is 11.7. The molecule has 4 heteroatoms. The molecule has 1 heterocycles. The number of carbonyl (C=O) groups is 1. The summed E-state index contributed by atoms with van der Waals surface area (Å²) in [6.45, 7) is 0. The second kappa shape index (κ2) is 4.38. The summed E-state index contributed by atoms with van der Waals surface area (Å²) in [5.41, 5.74) is 1.70. The summed E-state index contributed by atoms with van der Waals surface area (Å²) in [7, 11) is 1.76. The van der Waals surface area contributed by atoms with Gasteiger partial charge >= 0.3 is 0 Å². The Morgan fingerprint density at radius 2 is 2.13 bits per heavy atom. The molecular formula is C11H15N3O. The molecule has 1 saturated carbocycles. The minimum atomic E-state index is -0.0139. The van der Waals surface area contributed by atoms with Crippen molar-refractivity contribution in [2.45, 2.75) is 32.1 Å². The third-order valence-electron chi connectivity index (χ3n) is 2.69. The molecule has 80 valence electrons. The Hall–Kier alpha value is -1.45. The quantitative estimate of drug-likeness (QED) is 0.547. The van der Waals surface area contributed by atoms with Gasteiger partial charge in [0.2, 0.25) is 5.78 Å². The first kappa shape index (κ1) is 10.1. The molecule has 0 aliphatic heterocycles. The molecule has 0 atom stereocenters. The zero-order chi connectivity index (χ0) is 10.7. The highest BCUT2D eigenvalue weighted by molar-refractivity contribution is 6.03. The molecule has 0 spiro atoms. The van der Waals surface area contributed by atoms with E-state index in [4.69, 9.17) is 0 Å². The summed E-state index contributed by atoms with van der Waals surface area (Å²) in [6.07, 6.45) is 9.22. The summed E-state index contributed by atoms with van der Waals surface area (Å²) in [4.78, 5) is 11.7. The van der Waals surface area contributed by atoms with Crippen LogP contribution in [-0.2, 0) is 7.05 Å². The van der Waals surface area contributed by atoms with Gasteiger partial charge in [0.25, 0.3) is 0 Å². The molecule has 0 N–H and O–H groups in total. The van der Waals surface area contributed by atoms with Crippen LogP contribution < -0.4 is 0 Å². The highest BCUT2D eigenvalue weighted by Gasteiger charge is 2.11. The number of carbonyl (C=O) groups excluding carboxylic acids is 1. The lowest BCUT2D eigenvalue weighted by Gasteiger charge is -2.12. The summed E-state index contributed by atoms with van der Waals surface area (Å²) in [6, 6.07) is 0. The van der Waals surface area contributed by atoms with Gasteiger partial charge in [0.1, 0.15) is 0 Å². The number of ketones is 1. The van der Waals surface area contributed by atoms with E-state index >= 15 is 0 Å². The standard InChI is InChI=1S/C11H15N3O/c1-14-8-10(12-13-14)11(15)7-9-5-3-2-4-6-9/h7-8H,2-6H2,1H3. The molecule has 1 aromatic rings. The predicted octanol–water partition coefficient (Wildman–Crippen LogP) is 1.89. The number of hydrogen-bond donors (Lipinski definition) is 0. The number of allylic oxidation sites excluding steroid dienone is 2. The van der Waals surface area contributed by atoms with Crippen LogP contribution in [0.4, 0.5) is 0 Å². The largest absolute Gasteiger partial charge is 0.287 e. The van der Waals surface area contributed by atoms with Crippen molar-refractivity contribution >= 4 is 5.78 Å². The van der Waals surface area contributed by atoms with Gasteiger partial charge in [-0.05, 0) is 31.8 Å². The maximum Gasteiger partial charge on any atom is 0.207 e. The van der Waals surface area contributed by atoms with E-state index in [1.165, 1.54) is 24.8 Å². The van der Waals surface area contributed by atoms with Crippen LogP contribution in [-0.4, -0.2) is 20.8 Å². The molecule has 0 amide bonds. The van der Waals surface area contributed by atoms with Crippen molar-refractivity contribution in [2.24, 2.45) is 7.05 Å². The zero-order valence-electron chi connectivity index (χ0n) is 8.94. The van der Waals surface area contributed by atoms with Crippen LogP contribution in [0.2, 0.25) is 0 Å². The van der Waals surface area contributed by atoms with Gasteiger partial charge in [-0.2, -0.15) is 0 Å². The van der Waals surface area contributed by atoms with Gasteiger partial charge in [-0.1, -0.05) is 17.2 Å². The Balaban J connectivity index is 2.08. The van der Waals surface area contributed by atoms with Crippen molar-refractivity contribution < 1.29 is 4.79 Å². The molecule has 1 aromatic heterocycles. The summed E-state index contributed by atoms with van der Waals surface area (Å²) in [5, 5.41) is 7.55. The molecule has 0 unspecified atom stereocenters. The van der Waals surface area contributed by atoms with Crippen LogP contribution in [0.5, 0.6) is 0 Å². The average molecular weight is 205 g/mol. The first-order valence-corrected chi connectivity index (χ1v) is 5.36. The van der Waals surface area contributed by atoms with Crippen molar-refractivity contribution in [3.63, 3.8) is 0 Å². The molecule has 15 heavy (non-hydrogen) atoms. The second-order valence-electron chi connectivity index (χ2n) is 4.00. The number of rotatable bonds is 2. The van der Waals surface area contributed by atoms with Gasteiger partial charge in [-0.25, -0.2) is 0 Å². The third-order valence-corrected chi connectivity index (χ3v) is 2.69. The fraction of sp³-hybridized carbons (Fsp3) is 0.545. The Labute approximate surface area is 89.0 Å². The molecule has 1 aliphatic carbocycles. The lowest BCUT2D eigenvalue weighted by molar-refractivity contribution is 0.104. The highest BCUT2D eigenvalue weighted by Crippen LogP contribution is 2.22. The van der Waals surface area contributed by atoms with E-state index in [2.05, 4.69) is 10.3 Å². The molecule has 0 radical (unpaired) electrons. The van der Waals surface area contributed by atoms with Crippen molar-refractivity contribution in [2.75, 3.05) is 0 Å².